The Morgan fingerprint density at radius 3 is 2.14 bits per heavy atom. The summed E-state index contributed by atoms with van der Waals surface area (Å²) in [6.07, 6.45) is -0.185. The molecule has 0 bridgehead atoms. The van der Waals surface area contributed by atoms with Gasteiger partial charge in [0, 0.05) is 5.92 Å². The SMILES string of the molecule is CC1C(CO[Si](C)(C)C(C)(C)C)OC(OCCO)C(C)C1C. The molecule has 0 saturated carbocycles. The first kappa shape index (κ1) is 20.1. The average Bonchev–Trinajstić information content (AvgIpc) is 2.42. The lowest BCUT2D eigenvalue weighted by Gasteiger charge is -2.45. The molecule has 0 aromatic rings. The second-order valence-corrected chi connectivity index (χ2v) is 13.1. The van der Waals surface area contributed by atoms with E-state index in [1.165, 1.54) is 0 Å². The molecule has 0 aromatic heterocycles. The lowest BCUT2D eigenvalue weighted by Crippen LogP contribution is -2.50. The van der Waals surface area contributed by atoms with Gasteiger partial charge in [0.25, 0.3) is 0 Å². The fourth-order valence-corrected chi connectivity index (χ4v) is 3.56. The molecule has 1 aliphatic rings. The van der Waals surface area contributed by atoms with E-state index < -0.39 is 8.32 Å². The van der Waals surface area contributed by atoms with Gasteiger partial charge in [-0.05, 0) is 30.0 Å². The first-order chi connectivity index (χ1) is 10.0. The lowest BCUT2D eigenvalue weighted by molar-refractivity contribution is -0.254. The van der Waals surface area contributed by atoms with Crippen LogP contribution >= 0.6 is 0 Å². The van der Waals surface area contributed by atoms with Crippen molar-refractivity contribution < 1.29 is 19.0 Å². The van der Waals surface area contributed by atoms with E-state index in [-0.39, 0.29) is 24.0 Å². The van der Waals surface area contributed by atoms with Gasteiger partial charge in [-0.15, -0.1) is 0 Å². The molecule has 1 fully saturated rings. The fourth-order valence-electron chi connectivity index (χ4n) is 2.54. The standard InChI is InChI=1S/C17H36O4Si/c1-12-13(2)15(11-20-22(7,8)17(4,5)6)21-16(14(12)3)19-10-9-18/h12-16,18H,9-11H2,1-8H3. The van der Waals surface area contributed by atoms with Gasteiger partial charge in [0.15, 0.2) is 14.6 Å². The van der Waals surface area contributed by atoms with Crippen LogP contribution in [-0.2, 0) is 13.9 Å². The number of hydrogen-bond acceptors (Lipinski definition) is 4. The third-order valence-electron chi connectivity index (χ3n) is 5.77. The van der Waals surface area contributed by atoms with Crippen molar-refractivity contribution in [3.05, 3.63) is 0 Å². The third kappa shape index (κ3) is 4.77. The zero-order chi connectivity index (χ0) is 17.1. The summed E-state index contributed by atoms with van der Waals surface area (Å²) in [6.45, 7) is 18.9. The van der Waals surface area contributed by atoms with E-state index in [9.17, 15) is 0 Å². The molecule has 1 saturated heterocycles. The summed E-state index contributed by atoms with van der Waals surface area (Å²) in [4.78, 5) is 0. The maximum Gasteiger partial charge on any atom is 0.192 e. The predicted molar refractivity (Wildman–Crippen MR) is 92.3 cm³/mol. The Kier molecular flexibility index (Phi) is 7.08. The first-order valence-electron chi connectivity index (χ1n) is 8.53. The van der Waals surface area contributed by atoms with Crippen molar-refractivity contribution in [1.29, 1.82) is 0 Å². The highest BCUT2D eigenvalue weighted by Gasteiger charge is 2.42. The van der Waals surface area contributed by atoms with Crippen LogP contribution in [0.15, 0.2) is 0 Å². The predicted octanol–water partition coefficient (Wildman–Crippen LogP) is 3.65. The molecular weight excluding hydrogens is 296 g/mol. The van der Waals surface area contributed by atoms with Gasteiger partial charge in [-0.25, -0.2) is 0 Å². The molecule has 0 amide bonds. The smallest absolute Gasteiger partial charge is 0.192 e. The van der Waals surface area contributed by atoms with Gasteiger partial charge in [0.05, 0.1) is 25.9 Å². The normalized spacial score (nSPS) is 34.0. The zero-order valence-electron chi connectivity index (χ0n) is 15.7. The molecule has 132 valence electrons. The van der Waals surface area contributed by atoms with Crippen LogP contribution in [0, 0.1) is 17.8 Å². The summed E-state index contributed by atoms with van der Waals surface area (Å²) in [5, 5.41) is 9.17. The maximum atomic E-state index is 8.97. The maximum absolute atomic E-state index is 8.97. The summed E-state index contributed by atoms with van der Waals surface area (Å²) in [5.41, 5.74) is 0. The molecule has 0 spiro atoms. The topological polar surface area (TPSA) is 47.9 Å². The minimum absolute atomic E-state index is 0.0294. The number of aliphatic hydroxyl groups excluding tert-OH is 1. The highest BCUT2D eigenvalue weighted by atomic mass is 28.4. The van der Waals surface area contributed by atoms with Crippen LogP contribution in [0.3, 0.4) is 0 Å². The van der Waals surface area contributed by atoms with Crippen molar-refractivity contribution in [2.75, 3.05) is 19.8 Å². The van der Waals surface area contributed by atoms with Crippen LogP contribution in [0.2, 0.25) is 18.1 Å². The van der Waals surface area contributed by atoms with Crippen LogP contribution in [-0.4, -0.2) is 45.6 Å². The minimum Gasteiger partial charge on any atom is -0.414 e. The van der Waals surface area contributed by atoms with E-state index in [0.29, 0.717) is 31.0 Å². The molecule has 0 radical (unpaired) electrons. The van der Waals surface area contributed by atoms with E-state index in [1.54, 1.807) is 0 Å². The molecule has 22 heavy (non-hydrogen) atoms. The largest absolute Gasteiger partial charge is 0.414 e. The van der Waals surface area contributed by atoms with Crippen LogP contribution in [0.1, 0.15) is 41.5 Å². The number of hydrogen-bond donors (Lipinski definition) is 1. The molecule has 5 heteroatoms. The average molecular weight is 333 g/mol. The van der Waals surface area contributed by atoms with Crippen LogP contribution in [0.4, 0.5) is 0 Å². The number of aliphatic hydroxyl groups is 1. The van der Waals surface area contributed by atoms with E-state index in [1.807, 2.05) is 0 Å². The molecule has 5 unspecified atom stereocenters. The van der Waals surface area contributed by atoms with Gasteiger partial charge in [-0.1, -0.05) is 41.5 Å². The molecule has 1 N–H and O–H groups in total. The number of ether oxygens (including phenoxy) is 2. The molecular formula is C17H36O4Si. The molecule has 5 atom stereocenters. The Labute approximate surface area is 137 Å². The van der Waals surface area contributed by atoms with Crippen molar-refractivity contribution in [3.8, 4) is 0 Å². The van der Waals surface area contributed by atoms with Crippen molar-refractivity contribution in [1.82, 2.24) is 0 Å². The van der Waals surface area contributed by atoms with Gasteiger partial charge in [-0.3, -0.25) is 0 Å². The first-order valence-corrected chi connectivity index (χ1v) is 11.4. The van der Waals surface area contributed by atoms with E-state index >= 15 is 0 Å². The van der Waals surface area contributed by atoms with Gasteiger partial charge in [0.1, 0.15) is 0 Å². The highest BCUT2D eigenvalue weighted by Crippen LogP contribution is 2.39. The van der Waals surface area contributed by atoms with Crippen molar-refractivity contribution in [2.45, 2.75) is 72.1 Å². The van der Waals surface area contributed by atoms with Crippen LogP contribution in [0.5, 0.6) is 0 Å². The molecule has 1 aliphatic heterocycles. The second kappa shape index (κ2) is 7.75. The molecule has 1 heterocycles. The summed E-state index contributed by atoms with van der Waals surface area (Å²) in [6, 6.07) is 0. The van der Waals surface area contributed by atoms with Crippen molar-refractivity contribution in [2.24, 2.45) is 17.8 Å². The van der Waals surface area contributed by atoms with Gasteiger partial charge < -0.3 is 19.0 Å². The van der Waals surface area contributed by atoms with E-state index in [2.05, 4.69) is 54.6 Å². The Balaban J connectivity index is 2.68. The molecule has 1 rings (SSSR count). The van der Waals surface area contributed by atoms with E-state index in [0.717, 1.165) is 0 Å². The summed E-state index contributed by atoms with van der Waals surface area (Å²) in [5.74, 6) is 1.27. The molecule has 0 aromatic carbocycles. The monoisotopic (exact) mass is 332 g/mol. The van der Waals surface area contributed by atoms with Gasteiger partial charge >= 0.3 is 0 Å². The lowest BCUT2D eigenvalue weighted by atomic mass is 9.79. The highest BCUT2D eigenvalue weighted by molar-refractivity contribution is 6.74. The van der Waals surface area contributed by atoms with E-state index in [4.69, 9.17) is 19.0 Å². The van der Waals surface area contributed by atoms with Gasteiger partial charge in [-0.2, -0.15) is 0 Å². The fraction of sp³-hybridized carbons (Fsp3) is 1.00. The molecule has 0 aliphatic carbocycles. The minimum atomic E-state index is -1.77. The zero-order valence-corrected chi connectivity index (χ0v) is 16.7. The second-order valence-electron chi connectivity index (χ2n) is 8.29. The van der Waals surface area contributed by atoms with Crippen LogP contribution < -0.4 is 0 Å². The number of rotatable bonds is 6. The third-order valence-corrected chi connectivity index (χ3v) is 10.3. The Hall–Kier alpha value is 0.0569. The van der Waals surface area contributed by atoms with Crippen molar-refractivity contribution >= 4 is 8.32 Å². The Bertz CT molecular complexity index is 340. The Morgan fingerprint density at radius 1 is 1.05 bits per heavy atom. The van der Waals surface area contributed by atoms with Crippen molar-refractivity contribution in [3.63, 3.8) is 0 Å². The molecule has 4 nitrogen and oxygen atoms in total. The quantitative estimate of drug-likeness (QED) is 0.754. The Morgan fingerprint density at radius 2 is 1.64 bits per heavy atom. The summed E-state index contributed by atoms with van der Waals surface area (Å²) in [7, 11) is -1.77. The van der Waals surface area contributed by atoms with Gasteiger partial charge in [0.2, 0.25) is 0 Å². The summed E-state index contributed by atoms with van der Waals surface area (Å²) < 4.78 is 18.2. The summed E-state index contributed by atoms with van der Waals surface area (Å²) >= 11 is 0. The van der Waals surface area contributed by atoms with Crippen LogP contribution in [0.25, 0.3) is 0 Å².